The van der Waals surface area contributed by atoms with E-state index in [1.807, 2.05) is 6.07 Å². The Morgan fingerprint density at radius 3 is 2.05 bits per heavy atom. The highest BCUT2D eigenvalue weighted by atomic mass is 15.3. The van der Waals surface area contributed by atoms with Crippen LogP contribution in [0, 0.1) is 0 Å². The van der Waals surface area contributed by atoms with Crippen molar-refractivity contribution in [2.45, 2.75) is 12.8 Å². The summed E-state index contributed by atoms with van der Waals surface area (Å²) in [5.74, 6) is 1.69. The van der Waals surface area contributed by atoms with Gasteiger partial charge in [0.25, 0.3) is 0 Å². The predicted octanol–water partition coefficient (Wildman–Crippen LogP) is 2.00. The molecule has 106 valence electrons. The lowest BCUT2D eigenvalue weighted by Gasteiger charge is -2.08. The van der Waals surface area contributed by atoms with Gasteiger partial charge < -0.3 is 16.0 Å². The Kier molecular flexibility index (Phi) is 5.11. The third-order valence-corrected chi connectivity index (χ3v) is 2.85. The summed E-state index contributed by atoms with van der Waals surface area (Å²) < 4.78 is 0. The zero-order valence-electron chi connectivity index (χ0n) is 11.8. The van der Waals surface area contributed by atoms with Gasteiger partial charge in [0.05, 0.1) is 0 Å². The fourth-order valence-electron chi connectivity index (χ4n) is 1.82. The Labute approximate surface area is 119 Å². The summed E-state index contributed by atoms with van der Waals surface area (Å²) in [4.78, 5) is 12.7. The van der Waals surface area contributed by atoms with Crippen LogP contribution in [0.1, 0.15) is 12.0 Å². The molecule has 0 saturated carbocycles. The van der Waals surface area contributed by atoms with E-state index >= 15 is 0 Å². The molecular weight excluding hydrogens is 252 g/mol. The van der Waals surface area contributed by atoms with Crippen LogP contribution in [0.2, 0.25) is 0 Å². The maximum Gasteiger partial charge on any atom is 0.229 e. The molecule has 0 unspecified atom stereocenters. The molecule has 0 atom stereocenters. The van der Waals surface area contributed by atoms with Gasteiger partial charge in [-0.3, -0.25) is 0 Å². The number of anilines is 3. The van der Waals surface area contributed by atoms with Crippen LogP contribution in [0.15, 0.2) is 30.3 Å². The summed E-state index contributed by atoms with van der Waals surface area (Å²) in [6, 6.07) is 10.4. The molecule has 0 aliphatic carbocycles. The van der Waals surface area contributed by atoms with Gasteiger partial charge in [0, 0.05) is 20.6 Å². The van der Waals surface area contributed by atoms with Gasteiger partial charge in [-0.25, -0.2) is 0 Å². The number of hydrogen-bond donors (Lipinski definition) is 3. The van der Waals surface area contributed by atoms with Gasteiger partial charge >= 0.3 is 0 Å². The van der Waals surface area contributed by atoms with Crippen LogP contribution in [-0.4, -0.2) is 35.6 Å². The number of nitrogens with zero attached hydrogens (tertiary/aromatic N) is 3. The highest BCUT2D eigenvalue weighted by Gasteiger charge is 2.03. The number of benzene rings is 1. The highest BCUT2D eigenvalue weighted by molar-refractivity contribution is 5.41. The summed E-state index contributed by atoms with van der Waals surface area (Å²) in [6.45, 7) is 0.825. The molecule has 2 aromatic rings. The molecule has 1 aromatic carbocycles. The second-order valence-electron chi connectivity index (χ2n) is 4.32. The van der Waals surface area contributed by atoms with E-state index in [0.29, 0.717) is 17.8 Å². The first kappa shape index (κ1) is 14.0. The first-order valence-electron chi connectivity index (χ1n) is 6.71. The molecule has 0 amide bonds. The molecule has 2 rings (SSSR count). The summed E-state index contributed by atoms with van der Waals surface area (Å²) in [5.41, 5.74) is 1.34. The van der Waals surface area contributed by atoms with Gasteiger partial charge in [-0.2, -0.15) is 15.0 Å². The van der Waals surface area contributed by atoms with Crippen LogP contribution in [-0.2, 0) is 6.42 Å². The number of aromatic nitrogens is 3. The standard InChI is InChI=1S/C14H20N6/c1-15-12-18-13(16-2)20-14(19-12)17-10-6-9-11-7-4-3-5-8-11/h3-5,7-8H,6,9-10H2,1-2H3,(H3,15,16,17,18,19,20). The van der Waals surface area contributed by atoms with Gasteiger partial charge in [-0.15, -0.1) is 0 Å². The maximum atomic E-state index is 4.26. The first-order chi connectivity index (χ1) is 9.81. The van der Waals surface area contributed by atoms with Gasteiger partial charge in [-0.1, -0.05) is 30.3 Å². The van der Waals surface area contributed by atoms with Crippen molar-refractivity contribution in [2.75, 3.05) is 36.6 Å². The Bertz CT molecular complexity index is 506. The van der Waals surface area contributed by atoms with E-state index < -0.39 is 0 Å². The summed E-state index contributed by atoms with van der Waals surface area (Å²) in [5, 5.41) is 9.05. The van der Waals surface area contributed by atoms with Crippen molar-refractivity contribution >= 4 is 17.8 Å². The molecular formula is C14H20N6. The van der Waals surface area contributed by atoms with Crippen LogP contribution in [0.4, 0.5) is 17.8 Å². The molecule has 20 heavy (non-hydrogen) atoms. The van der Waals surface area contributed by atoms with Gasteiger partial charge in [-0.05, 0) is 18.4 Å². The molecule has 0 radical (unpaired) electrons. The monoisotopic (exact) mass is 272 g/mol. The molecule has 0 aliphatic heterocycles. The van der Waals surface area contributed by atoms with Gasteiger partial charge in [0.1, 0.15) is 0 Å². The van der Waals surface area contributed by atoms with Crippen molar-refractivity contribution in [1.29, 1.82) is 0 Å². The van der Waals surface area contributed by atoms with Gasteiger partial charge in [0.15, 0.2) is 0 Å². The van der Waals surface area contributed by atoms with E-state index in [-0.39, 0.29) is 0 Å². The van der Waals surface area contributed by atoms with Crippen molar-refractivity contribution in [2.24, 2.45) is 0 Å². The quantitative estimate of drug-likeness (QED) is 0.669. The normalized spacial score (nSPS) is 10.1. The fourth-order valence-corrected chi connectivity index (χ4v) is 1.82. The summed E-state index contributed by atoms with van der Waals surface area (Å²) in [6.07, 6.45) is 2.07. The average Bonchev–Trinajstić information content (AvgIpc) is 2.52. The van der Waals surface area contributed by atoms with Crippen LogP contribution in [0.3, 0.4) is 0 Å². The Morgan fingerprint density at radius 1 is 0.850 bits per heavy atom. The number of rotatable bonds is 7. The van der Waals surface area contributed by atoms with Crippen LogP contribution in [0.5, 0.6) is 0 Å². The lowest BCUT2D eigenvalue weighted by molar-refractivity contribution is 0.850. The lowest BCUT2D eigenvalue weighted by Crippen LogP contribution is -2.11. The zero-order valence-corrected chi connectivity index (χ0v) is 11.8. The lowest BCUT2D eigenvalue weighted by atomic mass is 10.1. The van der Waals surface area contributed by atoms with Crippen molar-refractivity contribution in [1.82, 2.24) is 15.0 Å². The molecule has 3 N–H and O–H groups in total. The molecule has 0 fully saturated rings. The van der Waals surface area contributed by atoms with Crippen LogP contribution < -0.4 is 16.0 Å². The van der Waals surface area contributed by atoms with Crippen molar-refractivity contribution in [3.05, 3.63) is 35.9 Å². The molecule has 1 heterocycles. The molecule has 1 aromatic heterocycles. The van der Waals surface area contributed by atoms with Crippen LogP contribution in [0.25, 0.3) is 0 Å². The smallest absolute Gasteiger partial charge is 0.229 e. The number of hydrogen-bond acceptors (Lipinski definition) is 6. The highest BCUT2D eigenvalue weighted by Crippen LogP contribution is 2.08. The van der Waals surface area contributed by atoms with Crippen molar-refractivity contribution < 1.29 is 0 Å². The first-order valence-corrected chi connectivity index (χ1v) is 6.71. The number of aryl methyl sites for hydroxylation is 1. The van der Waals surface area contributed by atoms with E-state index in [2.05, 4.69) is 55.2 Å². The van der Waals surface area contributed by atoms with Crippen LogP contribution >= 0.6 is 0 Å². The maximum absolute atomic E-state index is 4.26. The topological polar surface area (TPSA) is 74.8 Å². The van der Waals surface area contributed by atoms with Crippen molar-refractivity contribution in [3.63, 3.8) is 0 Å². The molecule has 6 nitrogen and oxygen atoms in total. The molecule has 0 saturated heterocycles. The second kappa shape index (κ2) is 7.28. The van der Waals surface area contributed by atoms with E-state index in [9.17, 15) is 0 Å². The SMILES string of the molecule is CNc1nc(NC)nc(NCCCc2ccccc2)n1. The van der Waals surface area contributed by atoms with E-state index in [0.717, 1.165) is 19.4 Å². The molecule has 0 aliphatic rings. The minimum absolute atomic E-state index is 0.551. The minimum Gasteiger partial charge on any atom is -0.357 e. The largest absolute Gasteiger partial charge is 0.357 e. The predicted molar refractivity (Wildman–Crippen MR) is 82.2 cm³/mol. The van der Waals surface area contributed by atoms with E-state index in [4.69, 9.17) is 0 Å². The van der Waals surface area contributed by atoms with Gasteiger partial charge in [0.2, 0.25) is 17.8 Å². The molecule has 0 bridgehead atoms. The Hall–Kier alpha value is -2.37. The second-order valence-corrected chi connectivity index (χ2v) is 4.32. The minimum atomic E-state index is 0.551. The Balaban J connectivity index is 1.84. The molecule has 0 spiro atoms. The third kappa shape index (κ3) is 4.08. The third-order valence-electron chi connectivity index (χ3n) is 2.85. The van der Waals surface area contributed by atoms with E-state index in [1.165, 1.54) is 5.56 Å². The molecule has 6 heteroatoms. The average molecular weight is 272 g/mol. The number of nitrogens with one attached hydrogen (secondary N) is 3. The van der Waals surface area contributed by atoms with Crippen molar-refractivity contribution in [3.8, 4) is 0 Å². The van der Waals surface area contributed by atoms with E-state index in [1.54, 1.807) is 14.1 Å². The summed E-state index contributed by atoms with van der Waals surface area (Å²) in [7, 11) is 3.57. The fraction of sp³-hybridized carbons (Fsp3) is 0.357. The Morgan fingerprint density at radius 2 is 1.45 bits per heavy atom. The zero-order chi connectivity index (χ0) is 14.2. The summed E-state index contributed by atoms with van der Waals surface area (Å²) >= 11 is 0.